The van der Waals surface area contributed by atoms with Gasteiger partial charge in [-0.15, -0.1) is 0 Å². The molecule has 9 heteroatoms. The number of halogens is 1. The molecule has 1 spiro atoms. The Balaban J connectivity index is 1.34. The van der Waals surface area contributed by atoms with Gasteiger partial charge in [-0.25, -0.2) is 0 Å². The minimum Gasteiger partial charge on any atom is -0.394 e. The van der Waals surface area contributed by atoms with Gasteiger partial charge in [-0.1, -0.05) is 84.4 Å². The molecule has 3 aromatic carbocycles. The minimum atomic E-state index is -1.41. The SMILES string of the molecule is O=C1C2N([C@@H](CO)Cc3ccccc3)C(=O)[C@@H]3[C@H]4C(=O)N(c5ccccc5)CC=C[C@H]4O[C@]23C=CCN1c1ccc(Cl)cc1. The van der Waals surface area contributed by atoms with Crippen LogP contribution in [0.5, 0.6) is 0 Å². The van der Waals surface area contributed by atoms with Gasteiger partial charge in [0.25, 0.3) is 5.91 Å². The molecule has 2 saturated heterocycles. The summed E-state index contributed by atoms with van der Waals surface area (Å²) in [6.07, 6.45) is 7.03. The molecule has 4 aliphatic rings. The molecule has 1 unspecified atom stereocenters. The monoisotopic (exact) mass is 609 g/mol. The van der Waals surface area contributed by atoms with Crippen LogP contribution in [0.25, 0.3) is 0 Å². The summed E-state index contributed by atoms with van der Waals surface area (Å²) in [6.45, 7) is 0.219. The smallest absolute Gasteiger partial charge is 0.253 e. The molecule has 8 nitrogen and oxygen atoms in total. The number of hydrogen-bond donors (Lipinski definition) is 1. The second-order valence-electron chi connectivity index (χ2n) is 11.7. The van der Waals surface area contributed by atoms with E-state index in [-0.39, 0.29) is 30.9 Å². The lowest BCUT2D eigenvalue weighted by molar-refractivity contribution is -0.144. The van der Waals surface area contributed by atoms with Gasteiger partial charge in [0.2, 0.25) is 11.8 Å². The highest BCUT2D eigenvalue weighted by Gasteiger charge is 2.72. The largest absolute Gasteiger partial charge is 0.394 e. The van der Waals surface area contributed by atoms with Crippen LogP contribution in [-0.2, 0) is 25.5 Å². The van der Waals surface area contributed by atoms with E-state index in [2.05, 4.69) is 0 Å². The summed E-state index contributed by atoms with van der Waals surface area (Å²) in [4.78, 5) is 48.6. The van der Waals surface area contributed by atoms with E-state index in [0.717, 1.165) is 11.3 Å². The fourth-order valence-corrected chi connectivity index (χ4v) is 7.43. The number of nitrogens with zero attached hydrogens (tertiary/aromatic N) is 3. The van der Waals surface area contributed by atoms with Crippen LogP contribution >= 0.6 is 11.6 Å². The Morgan fingerprint density at radius 3 is 2.16 bits per heavy atom. The van der Waals surface area contributed by atoms with E-state index in [1.165, 1.54) is 4.90 Å². The van der Waals surface area contributed by atoms with Crippen molar-refractivity contribution in [2.75, 3.05) is 29.5 Å². The first kappa shape index (κ1) is 28.5. The highest BCUT2D eigenvalue weighted by atomic mass is 35.5. The lowest BCUT2D eigenvalue weighted by atomic mass is 9.77. The normalized spacial score (nSPS) is 28.4. The Kier molecular flexibility index (Phi) is 7.36. The molecule has 0 saturated carbocycles. The molecule has 3 amide bonds. The molecule has 4 heterocycles. The molecule has 0 bridgehead atoms. The Hall–Kier alpha value is -4.24. The lowest BCUT2D eigenvalue weighted by Gasteiger charge is -2.38. The summed E-state index contributed by atoms with van der Waals surface area (Å²) < 4.78 is 6.78. The predicted octanol–water partition coefficient (Wildman–Crippen LogP) is 4.03. The third kappa shape index (κ3) is 4.56. The van der Waals surface area contributed by atoms with Crippen LogP contribution < -0.4 is 9.80 Å². The van der Waals surface area contributed by atoms with Crippen molar-refractivity contribution in [1.29, 1.82) is 0 Å². The van der Waals surface area contributed by atoms with Gasteiger partial charge >= 0.3 is 0 Å². The van der Waals surface area contributed by atoms with Crippen LogP contribution in [-0.4, -0.2) is 71.2 Å². The fourth-order valence-electron chi connectivity index (χ4n) is 7.30. The molecular formula is C35H32ClN3O5. The zero-order valence-electron chi connectivity index (χ0n) is 23.9. The van der Waals surface area contributed by atoms with Gasteiger partial charge in [0.15, 0.2) is 0 Å². The maximum atomic E-state index is 14.8. The fraction of sp³-hybridized carbons (Fsp3) is 0.286. The van der Waals surface area contributed by atoms with Crippen LogP contribution in [0.3, 0.4) is 0 Å². The quantitative estimate of drug-likeness (QED) is 0.426. The second kappa shape index (κ2) is 11.4. The van der Waals surface area contributed by atoms with E-state index in [0.29, 0.717) is 23.7 Å². The van der Waals surface area contributed by atoms with Crippen molar-refractivity contribution >= 4 is 40.7 Å². The molecule has 224 valence electrons. The van der Waals surface area contributed by atoms with Crippen molar-refractivity contribution in [1.82, 2.24) is 4.90 Å². The number of benzene rings is 3. The lowest BCUT2D eigenvalue weighted by Crippen LogP contribution is -2.58. The number of anilines is 2. The van der Waals surface area contributed by atoms with Crippen molar-refractivity contribution < 1.29 is 24.2 Å². The first-order valence-electron chi connectivity index (χ1n) is 14.9. The number of carbonyl (C=O) groups excluding carboxylic acids is 3. The van der Waals surface area contributed by atoms with Gasteiger partial charge in [-0.2, -0.15) is 0 Å². The van der Waals surface area contributed by atoms with Crippen molar-refractivity contribution in [3.8, 4) is 0 Å². The maximum absolute atomic E-state index is 14.8. The summed E-state index contributed by atoms with van der Waals surface area (Å²) in [6, 6.07) is 24.0. The van der Waals surface area contributed by atoms with Gasteiger partial charge in [-0.3, -0.25) is 14.4 Å². The topological polar surface area (TPSA) is 90.4 Å². The summed E-state index contributed by atoms with van der Waals surface area (Å²) in [5.41, 5.74) is 0.855. The number of para-hydroxylation sites is 1. The number of likely N-dealkylation sites (tertiary alicyclic amines) is 1. The first-order valence-corrected chi connectivity index (χ1v) is 15.2. The standard InChI is InChI=1S/C35H32ClN3O5/c36-24-14-16-26(17-15-24)38-20-8-18-35-30(29-28(44-35)13-7-19-37(32(29)41)25-11-5-2-6-12-25)33(42)39(31(35)34(38)43)27(22-40)21-23-9-3-1-4-10-23/h1-18,27-31,40H,19-22H2/t27-,28-,29+,30+,31?,35+/m1/s1. The molecule has 2 fully saturated rings. The number of aliphatic hydroxyl groups excluding tert-OH is 1. The molecule has 6 atom stereocenters. The molecule has 44 heavy (non-hydrogen) atoms. The van der Waals surface area contributed by atoms with E-state index in [9.17, 15) is 19.5 Å². The Bertz CT molecular complexity index is 1630. The third-order valence-corrected chi connectivity index (χ3v) is 9.47. The predicted molar refractivity (Wildman–Crippen MR) is 167 cm³/mol. The summed E-state index contributed by atoms with van der Waals surface area (Å²) in [5, 5.41) is 11.3. The zero-order chi connectivity index (χ0) is 30.4. The molecule has 3 aromatic rings. The Morgan fingerprint density at radius 1 is 0.818 bits per heavy atom. The van der Waals surface area contributed by atoms with E-state index in [1.54, 1.807) is 34.1 Å². The van der Waals surface area contributed by atoms with Crippen molar-refractivity contribution in [2.45, 2.75) is 30.2 Å². The second-order valence-corrected chi connectivity index (χ2v) is 12.1. The van der Waals surface area contributed by atoms with Crippen molar-refractivity contribution in [3.63, 3.8) is 0 Å². The number of aliphatic hydroxyl groups is 1. The van der Waals surface area contributed by atoms with E-state index < -0.39 is 35.6 Å². The highest BCUT2D eigenvalue weighted by molar-refractivity contribution is 6.30. The number of rotatable bonds is 6. The van der Waals surface area contributed by atoms with Crippen molar-refractivity contribution in [2.24, 2.45) is 11.8 Å². The Labute approximate surface area is 260 Å². The number of hydrogen-bond acceptors (Lipinski definition) is 5. The van der Waals surface area contributed by atoms with Crippen LogP contribution in [0, 0.1) is 11.8 Å². The summed E-state index contributed by atoms with van der Waals surface area (Å²) in [7, 11) is 0. The zero-order valence-corrected chi connectivity index (χ0v) is 24.7. The average molecular weight is 610 g/mol. The summed E-state index contributed by atoms with van der Waals surface area (Å²) >= 11 is 6.15. The Morgan fingerprint density at radius 2 is 1.45 bits per heavy atom. The molecule has 1 N–H and O–H groups in total. The van der Waals surface area contributed by atoms with Crippen LogP contribution in [0.4, 0.5) is 11.4 Å². The molecule has 0 radical (unpaired) electrons. The van der Waals surface area contributed by atoms with Crippen molar-refractivity contribution in [3.05, 3.63) is 120 Å². The van der Waals surface area contributed by atoms with Gasteiger partial charge in [0.1, 0.15) is 11.6 Å². The van der Waals surface area contributed by atoms with Gasteiger partial charge in [0, 0.05) is 29.5 Å². The van der Waals surface area contributed by atoms with Crippen LogP contribution in [0.15, 0.2) is 109 Å². The van der Waals surface area contributed by atoms with Crippen LogP contribution in [0.1, 0.15) is 5.56 Å². The van der Waals surface area contributed by atoms with E-state index in [1.807, 2.05) is 85.0 Å². The van der Waals surface area contributed by atoms with Gasteiger partial charge in [-0.05, 0) is 48.4 Å². The molecular weight excluding hydrogens is 578 g/mol. The van der Waals surface area contributed by atoms with E-state index >= 15 is 0 Å². The highest BCUT2D eigenvalue weighted by Crippen LogP contribution is 2.54. The first-order chi connectivity index (χ1) is 21.4. The molecule has 0 aromatic heterocycles. The van der Waals surface area contributed by atoms with Gasteiger partial charge in [0.05, 0.1) is 30.6 Å². The summed E-state index contributed by atoms with van der Waals surface area (Å²) in [5.74, 6) is -2.76. The third-order valence-electron chi connectivity index (χ3n) is 9.22. The minimum absolute atomic E-state index is 0.231. The number of carbonyl (C=O) groups is 3. The maximum Gasteiger partial charge on any atom is 0.253 e. The molecule has 0 aliphatic carbocycles. The average Bonchev–Trinajstić information content (AvgIpc) is 3.36. The van der Waals surface area contributed by atoms with E-state index in [4.69, 9.17) is 16.3 Å². The number of amides is 3. The molecule has 7 rings (SSSR count). The number of fused-ring (bicyclic) bond motifs is 2. The van der Waals surface area contributed by atoms with Gasteiger partial charge < -0.3 is 24.5 Å². The molecule has 4 aliphatic heterocycles. The van der Waals surface area contributed by atoms with Crippen LogP contribution in [0.2, 0.25) is 5.02 Å². The number of ether oxygens (including phenoxy) is 1.